The van der Waals surface area contributed by atoms with Crippen molar-refractivity contribution in [3.63, 3.8) is 0 Å². The predicted molar refractivity (Wildman–Crippen MR) is 77.8 cm³/mol. The van der Waals surface area contributed by atoms with Crippen LogP contribution in [0.15, 0.2) is 24.3 Å². The number of sulfone groups is 1. The van der Waals surface area contributed by atoms with E-state index in [9.17, 15) is 18.0 Å². The average Bonchev–Trinajstić information content (AvgIpc) is 2.46. The van der Waals surface area contributed by atoms with Crippen LogP contribution >= 0.6 is 0 Å². The van der Waals surface area contributed by atoms with E-state index < -0.39 is 21.7 Å². The van der Waals surface area contributed by atoms with Crippen LogP contribution in [-0.4, -0.2) is 38.9 Å². The third-order valence-corrected chi connectivity index (χ3v) is 5.23. The van der Waals surface area contributed by atoms with E-state index in [-0.39, 0.29) is 17.4 Å². The molecule has 1 heterocycles. The van der Waals surface area contributed by atoms with E-state index in [0.717, 1.165) is 0 Å². The van der Waals surface area contributed by atoms with Crippen LogP contribution in [-0.2, 0) is 19.4 Å². The lowest BCUT2D eigenvalue weighted by atomic mass is 10.0. The molecule has 0 saturated carbocycles. The second-order valence-corrected chi connectivity index (χ2v) is 7.24. The maximum Gasteiger partial charge on any atom is 0.337 e. The zero-order valence-electron chi connectivity index (χ0n) is 11.7. The number of carbonyl (C=O) groups excluding carboxylic acids is 2. The minimum Gasteiger partial charge on any atom is -0.465 e. The molecule has 1 unspecified atom stereocenters. The Morgan fingerprint density at radius 1 is 1.24 bits per heavy atom. The Balaban J connectivity index is 2.01. The highest BCUT2D eigenvalue weighted by atomic mass is 32.2. The topological polar surface area (TPSA) is 89.5 Å². The van der Waals surface area contributed by atoms with E-state index in [1.54, 1.807) is 24.3 Å². The minimum atomic E-state index is -3.11. The molecule has 114 valence electrons. The van der Waals surface area contributed by atoms with Gasteiger partial charge in [0.05, 0.1) is 30.1 Å². The molecule has 0 aromatic heterocycles. The number of amides is 1. The van der Waals surface area contributed by atoms with Gasteiger partial charge in [0.15, 0.2) is 9.84 Å². The number of anilines is 1. The van der Waals surface area contributed by atoms with Gasteiger partial charge in [-0.25, -0.2) is 13.2 Å². The normalized spacial score (nSPS) is 20.5. The van der Waals surface area contributed by atoms with E-state index in [4.69, 9.17) is 0 Å². The van der Waals surface area contributed by atoms with Gasteiger partial charge in [-0.1, -0.05) is 0 Å². The molecule has 1 atom stereocenters. The van der Waals surface area contributed by atoms with Crippen LogP contribution in [0.1, 0.15) is 23.2 Å². The summed E-state index contributed by atoms with van der Waals surface area (Å²) in [4.78, 5) is 23.4. The molecule has 0 aliphatic carbocycles. The van der Waals surface area contributed by atoms with Gasteiger partial charge < -0.3 is 10.1 Å². The molecule has 1 saturated heterocycles. The van der Waals surface area contributed by atoms with Crippen LogP contribution in [0.25, 0.3) is 0 Å². The van der Waals surface area contributed by atoms with Crippen molar-refractivity contribution >= 4 is 27.4 Å². The van der Waals surface area contributed by atoms with E-state index in [1.165, 1.54) is 7.11 Å². The summed E-state index contributed by atoms with van der Waals surface area (Å²) >= 11 is 0. The summed E-state index contributed by atoms with van der Waals surface area (Å²) in [5.41, 5.74) is 0.909. The number of hydrogen-bond donors (Lipinski definition) is 1. The number of ether oxygens (including phenoxy) is 1. The van der Waals surface area contributed by atoms with Gasteiger partial charge in [-0.05, 0) is 37.1 Å². The molecule has 6 nitrogen and oxygen atoms in total. The van der Waals surface area contributed by atoms with Gasteiger partial charge in [0.2, 0.25) is 5.91 Å². The lowest BCUT2D eigenvalue weighted by molar-refractivity contribution is -0.119. The highest BCUT2D eigenvalue weighted by Crippen LogP contribution is 2.20. The van der Waals surface area contributed by atoms with Crippen LogP contribution in [0.3, 0.4) is 0 Å². The molecule has 1 amide bonds. The summed E-state index contributed by atoms with van der Waals surface area (Å²) in [5.74, 6) is -1.21. The molecule has 1 aromatic rings. The van der Waals surface area contributed by atoms with Crippen molar-refractivity contribution in [2.75, 3.05) is 23.9 Å². The summed E-state index contributed by atoms with van der Waals surface area (Å²) in [6.07, 6.45) is 1.09. The molecule has 1 aromatic carbocycles. The van der Waals surface area contributed by atoms with Crippen molar-refractivity contribution in [1.82, 2.24) is 0 Å². The number of methoxy groups -OCH3 is 1. The first-order chi connectivity index (χ1) is 9.91. The Bertz CT molecular complexity index is 636. The smallest absolute Gasteiger partial charge is 0.337 e. The standard InChI is InChI=1S/C14H17NO5S/c1-20-14(17)10-4-6-12(7-5-10)15-13(16)11-3-2-8-21(18,19)9-11/h4-7,11H,2-3,8-9H2,1H3,(H,15,16). The fourth-order valence-electron chi connectivity index (χ4n) is 2.28. The highest BCUT2D eigenvalue weighted by Gasteiger charge is 2.29. The van der Waals surface area contributed by atoms with Crippen molar-refractivity contribution in [1.29, 1.82) is 0 Å². The van der Waals surface area contributed by atoms with Crippen molar-refractivity contribution in [3.05, 3.63) is 29.8 Å². The highest BCUT2D eigenvalue weighted by molar-refractivity contribution is 7.91. The summed E-state index contributed by atoms with van der Waals surface area (Å²) in [7, 11) is -1.82. The maximum atomic E-state index is 12.1. The Morgan fingerprint density at radius 2 is 1.90 bits per heavy atom. The largest absolute Gasteiger partial charge is 0.465 e. The van der Waals surface area contributed by atoms with Crippen LogP contribution in [0.4, 0.5) is 5.69 Å². The Kier molecular flexibility index (Phi) is 4.62. The summed E-state index contributed by atoms with van der Waals surface area (Å²) in [5, 5.41) is 2.68. The van der Waals surface area contributed by atoms with Gasteiger partial charge in [-0.15, -0.1) is 0 Å². The Hall–Kier alpha value is -1.89. The second kappa shape index (κ2) is 6.26. The molecule has 1 N–H and O–H groups in total. The van der Waals surface area contributed by atoms with Gasteiger partial charge in [-0.3, -0.25) is 4.79 Å². The molecule has 1 fully saturated rings. The van der Waals surface area contributed by atoms with E-state index >= 15 is 0 Å². The summed E-state index contributed by atoms with van der Waals surface area (Å²) in [6, 6.07) is 6.25. The van der Waals surface area contributed by atoms with Crippen molar-refractivity contribution < 1.29 is 22.7 Å². The van der Waals surface area contributed by atoms with Gasteiger partial charge in [0, 0.05) is 5.69 Å². The predicted octanol–water partition coefficient (Wildman–Crippen LogP) is 1.24. The zero-order chi connectivity index (χ0) is 15.5. The van der Waals surface area contributed by atoms with E-state index in [1.807, 2.05) is 0 Å². The Morgan fingerprint density at radius 3 is 2.48 bits per heavy atom. The van der Waals surface area contributed by atoms with Gasteiger partial charge in [-0.2, -0.15) is 0 Å². The molecule has 0 spiro atoms. The quantitative estimate of drug-likeness (QED) is 0.848. The van der Waals surface area contributed by atoms with Gasteiger partial charge >= 0.3 is 5.97 Å². The fraction of sp³-hybridized carbons (Fsp3) is 0.429. The molecule has 0 radical (unpaired) electrons. The van der Waals surface area contributed by atoms with Crippen molar-refractivity contribution in [3.8, 4) is 0 Å². The van der Waals surface area contributed by atoms with E-state index in [0.29, 0.717) is 24.1 Å². The number of rotatable bonds is 3. The zero-order valence-corrected chi connectivity index (χ0v) is 12.5. The molecule has 7 heteroatoms. The van der Waals surface area contributed by atoms with Crippen LogP contribution in [0.5, 0.6) is 0 Å². The van der Waals surface area contributed by atoms with Crippen LogP contribution < -0.4 is 5.32 Å². The first-order valence-electron chi connectivity index (χ1n) is 6.61. The van der Waals surface area contributed by atoms with Crippen LogP contribution in [0, 0.1) is 5.92 Å². The number of esters is 1. The Labute approximate surface area is 123 Å². The van der Waals surface area contributed by atoms with Crippen molar-refractivity contribution in [2.45, 2.75) is 12.8 Å². The number of hydrogen-bond acceptors (Lipinski definition) is 5. The van der Waals surface area contributed by atoms with Gasteiger partial charge in [0.1, 0.15) is 0 Å². The third-order valence-electron chi connectivity index (χ3n) is 3.41. The first kappa shape index (κ1) is 15.5. The first-order valence-corrected chi connectivity index (χ1v) is 8.43. The van der Waals surface area contributed by atoms with Crippen LogP contribution in [0.2, 0.25) is 0 Å². The summed E-state index contributed by atoms with van der Waals surface area (Å²) in [6.45, 7) is 0. The lowest BCUT2D eigenvalue weighted by Gasteiger charge is -2.21. The molecule has 2 rings (SSSR count). The number of nitrogens with one attached hydrogen (secondary N) is 1. The maximum absolute atomic E-state index is 12.1. The molecule has 1 aliphatic heterocycles. The molecule has 1 aliphatic rings. The second-order valence-electron chi connectivity index (χ2n) is 5.01. The lowest BCUT2D eigenvalue weighted by Crippen LogP contribution is -2.34. The molecular formula is C14H17NO5S. The van der Waals surface area contributed by atoms with Gasteiger partial charge in [0.25, 0.3) is 0 Å². The minimum absolute atomic E-state index is 0.0981. The third kappa shape index (κ3) is 4.04. The van der Waals surface area contributed by atoms with E-state index in [2.05, 4.69) is 10.1 Å². The van der Waals surface area contributed by atoms with Crippen molar-refractivity contribution in [2.24, 2.45) is 5.92 Å². The monoisotopic (exact) mass is 311 g/mol. The summed E-state index contributed by atoms with van der Waals surface area (Å²) < 4.78 is 27.7. The molecule has 21 heavy (non-hydrogen) atoms. The fourth-order valence-corrected chi connectivity index (χ4v) is 3.99. The average molecular weight is 311 g/mol. The molecular weight excluding hydrogens is 294 g/mol. The number of carbonyl (C=O) groups is 2. The molecule has 0 bridgehead atoms. The SMILES string of the molecule is COC(=O)c1ccc(NC(=O)C2CCCS(=O)(=O)C2)cc1. The number of benzene rings is 1.